The van der Waals surface area contributed by atoms with Gasteiger partial charge in [-0.1, -0.05) is 31.4 Å². The smallest absolute Gasteiger partial charge is 0.146 e. The van der Waals surface area contributed by atoms with Gasteiger partial charge < -0.3 is 4.74 Å². The van der Waals surface area contributed by atoms with Gasteiger partial charge in [-0.2, -0.15) is 0 Å². The lowest BCUT2D eigenvalue weighted by Gasteiger charge is -2.16. The second kappa shape index (κ2) is 6.48. The monoisotopic (exact) mass is 380 g/mol. The predicted octanol–water partition coefficient (Wildman–Crippen LogP) is 4.14. The zero-order valence-electron chi connectivity index (χ0n) is 10.7. The van der Waals surface area contributed by atoms with E-state index in [1.165, 1.54) is 25.7 Å². The summed E-state index contributed by atoms with van der Waals surface area (Å²) in [5, 5.41) is 0.588. The van der Waals surface area contributed by atoms with E-state index in [9.17, 15) is 0 Å². The van der Waals surface area contributed by atoms with Crippen LogP contribution < -0.4 is 0 Å². The molecule has 0 spiro atoms. The first kappa shape index (κ1) is 14.5. The quantitative estimate of drug-likeness (QED) is 0.581. The van der Waals surface area contributed by atoms with Crippen molar-refractivity contribution in [2.24, 2.45) is 0 Å². The Hall–Kier alpha value is 0.0600. The summed E-state index contributed by atoms with van der Waals surface area (Å²) in [5.74, 6) is 1.56. The second-order valence-electron chi connectivity index (χ2n) is 4.91. The van der Waals surface area contributed by atoms with Crippen molar-refractivity contribution in [3.63, 3.8) is 0 Å². The Labute approximate surface area is 127 Å². The van der Waals surface area contributed by atoms with Crippen LogP contribution in [0.15, 0.2) is 0 Å². The van der Waals surface area contributed by atoms with Gasteiger partial charge in [-0.3, -0.25) is 0 Å². The van der Waals surface area contributed by atoms with Gasteiger partial charge in [0.1, 0.15) is 11.0 Å². The van der Waals surface area contributed by atoms with Crippen molar-refractivity contribution in [3.05, 3.63) is 20.2 Å². The number of halogens is 2. The van der Waals surface area contributed by atoms with Gasteiger partial charge in [0.15, 0.2) is 0 Å². The molecule has 0 aromatic carbocycles. The zero-order chi connectivity index (χ0) is 13.1. The highest BCUT2D eigenvalue weighted by Crippen LogP contribution is 2.37. The summed E-state index contributed by atoms with van der Waals surface area (Å²) >= 11 is 8.51. The van der Waals surface area contributed by atoms with Crippen LogP contribution >= 0.6 is 34.2 Å². The summed E-state index contributed by atoms with van der Waals surface area (Å²) in [6.45, 7) is 2.70. The highest BCUT2D eigenvalue weighted by atomic mass is 127. The van der Waals surface area contributed by atoms with Crippen LogP contribution in [0, 0.1) is 3.57 Å². The van der Waals surface area contributed by atoms with Crippen LogP contribution in [0.2, 0.25) is 5.15 Å². The van der Waals surface area contributed by atoms with E-state index >= 15 is 0 Å². The topological polar surface area (TPSA) is 35.0 Å². The number of rotatable bonds is 4. The van der Waals surface area contributed by atoms with Gasteiger partial charge in [-0.05, 0) is 35.4 Å². The van der Waals surface area contributed by atoms with Crippen LogP contribution in [-0.4, -0.2) is 23.7 Å². The lowest BCUT2D eigenvalue weighted by atomic mass is 10.0. The summed E-state index contributed by atoms with van der Waals surface area (Å²) in [6, 6.07) is 0. The van der Waals surface area contributed by atoms with Gasteiger partial charge in [0.25, 0.3) is 0 Å². The average Bonchev–Trinajstić information content (AvgIpc) is 2.86. The molecule has 1 aliphatic rings. The molecule has 0 N–H and O–H groups in total. The highest BCUT2D eigenvalue weighted by Gasteiger charge is 2.24. The lowest BCUT2D eigenvalue weighted by molar-refractivity contribution is 0.181. The molecule has 5 heteroatoms. The van der Waals surface area contributed by atoms with E-state index in [-0.39, 0.29) is 5.92 Å². The van der Waals surface area contributed by atoms with Gasteiger partial charge in [0.05, 0.1) is 15.9 Å². The first-order valence-electron chi connectivity index (χ1n) is 6.35. The molecule has 0 saturated heterocycles. The van der Waals surface area contributed by atoms with Crippen molar-refractivity contribution < 1.29 is 4.74 Å². The first-order chi connectivity index (χ1) is 8.63. The molecule has 1 aromatic heterocycles. The molecule has 0 amide bonds. The Kier molecular flexibility index (Phi) is 5.21. The predicted molar refractivity (Wildman–Crippen MR) is 81.3 cm³/mol. The Morgan fingerprint density at radius 2 is 2.06 bits per heavy atom. The van der Waals surface area contributed by atoms with Gasteiger partial charge in [-0.25, -0.2) is 9.97 Å². The van der Waals surface area contributed by atoms with Crippen molar-refractivity contribution in [3.8, 4) is 0 Å². The molecule has 1 saturated carbocycles. The van der Waals surface area contributed by atoms with Crippen molar-refractivity contribution >= 4 is 34.2 Å². The van der Waals surface area contributed by atoms with E-state index in [1.54, 1.807) is 7.11 Å². The molecule has 1 aliphatic carbocycles. The molecule has 18 heavy (non-hydrogen) atoms. The minimum absolute atomic E-state index is 0.185. The number of aromatic nitrogens is 2. The fourth-order valence-corrected chi connectivity index (χ4v) is 3.33. The van der Waals surface area contributed by atoms with Crippen LogP contribution in [-0.2, 0) is 4.74 Å². The van der Waals surface area contributed by atoms with E-state index in [2.05, 4.69) is 34.5 Å². The summed E-state index contributed by atoms with van der Waals surface area (Å²) in [5.41, 5.74) is 1.14. The molecule has 100 valence electrons. The van der Waals surface area contributed by atoms with E-state index < -0.39 is 0 Å². The minimum atomic E-state index is 0.185. The third-order valence-electron chi connectivity index (χ3n) is 3.45. The number of hydrogen-bond acceptors (Lipinski definition) is 3. The van der Waals surface area contributed by atoms with Crippen molar-refractivity contribution in [2.75, 3.05) is 13.7 Å². The molecule has 1 aromatic rings. The Balaban J connectivity index is 2.32. The summed E-state index contributed by atoms with van der Waals surface area (Å²) in [4.78, 5) is 9.14. The maximum Gasteiger partial charge on any atom is 0.146 e. The van der Waals surface area contributed by atoms with Crippen LogP contribution in [0.5, 0.6) is 0 Å². The molecule has 1 atom stereocenters. The van der Waals surface area contributed by atoms with E-state index in [0.717, 1.165) is 15.1 Å². The molecule has 0 aliphatic heterocycles. The molecule has 1 heterocycles. The van der Waals surface area contributed by atoms with Crippen molar-refractivity contribution in [1.29, 1.82) is 0 Å². The molecular formula is C13H18ClIN2O. The molecule has 2 rings (SSSR count). The molecule has 0 bridgehead atoms. The standard InChI is InChI=1S/C13H18ClIN2O/c1-8(7-18-2)13-16-11(9-5-3-4-6-9)10(15)12(14)17-13/h8-9H,3-7H2,1-2H3. The molecule has 1 unspecified atom stereocenters. The molecule has 0 radical (unpaired) electrons. The normalized spacial score (nSPS) is 18.2. The molecular weight excluding hydrogens is 363 g/mol. The Morgan fingerprint density at radius 1 is 1.39 bits per heavy atom. The van der Waals surface area contributed by atoms with Crippen LogP contribution in [0.4, 0.5) is 0 Å². The SMILES string of the molecule is COCC(C)c1nc(Cl)c(I)c(C2CCCC2)n1. The molecule has 1 fully saturated rings. The summed E-state index contributed by atoms with van der Waals surface area (Å²) in [7, 11) is 1.70. The van der Waals surface area contributed by atoms with Crippen LogP contribution in [0.3, 0.4) is 0 Å². The number of hydrogen-bond donors (Lipinski definition) is 0. The van der Waals surface area contributed by atoms with Gasteiger partial charge in [0.2, 0.25) is 0 Å². The lowest BCUT2D eigenvalue weighted by Crippen LogP contribution is -2.12. The average molecular weight is 381 g/mol. The number of ether oxygens (including phenoxy) is 1. The Morgan fingerprint density at radius 3 is 2.67 bits per heavy atom. The summed E-state index contributed by atoms with van der Waals surface area (Å²) < 4.78 is 6.19. The van der Waals surface area contributed by atoms with Gasteiger partial charge in [-0.15, -0.1) is 0 Å². The van der Waals surface area contributed by atoms with Crippen molar-refractivity contribution in [1.82, 2.24) is 9.97 Å². The van der Waals surface area contributed by atoms with Crippen LogP contribution in [0.1, 0.15) is 56.0 Å². The van der Waals surface area contributed by atoms with E-state index in [1.807, 2.05) is 0 Å². The number of nitrogens with zero attached hydrogens (tertiary/aromatic N) is 2. The fraction of sp³-hybridized carbons (Fsp3) is 0.692. The highest BCUT2D eigenvalue weighted by molar-refractivity contribution is 14.1. The second-order valence-corrected chi connectivity index (χ2v) is 6.35. The number of methoxy groups -OCH3 is 1. The third-order valence-corrected chi connectivity index (χ3v) is 5.11. The van der Waals surface area contributed by atoms with Gasteiger partial charge in [0, 0.05) is 18.9 Å². The van der Waals surface area contributed by atoms with E-state index in [0.29, 0.717) is 17.7 Å². The third kappa shape index (κ3) is 3.14. The first-order valence-corrected chi connectivity index (χ1v) is 7.81. The fourth-order valence-electron chi connectivity index (χ4n) is 2.47. The van der Waals surface area contributed by atoms with E-state index in [4.69, 9.17) is 21.3 Å². The van der Waals surface area contributed by atoms with Crippen molar-refractivity contribution in [2.45, 2.75) is 44.4 Å². The summed E-state index contributed by atoms with van der Waals surface area (Å²) in [6.07, 6.45) is 5.04. The Bertz CT molecular complexity index is 422. The maximum atomic E-state index is 6.24. The minimum Gasteiger partial charge on any atom is -0.384 e. The molecule has 3 nitrogen and oxygen atoms in total. The zero-order valence-corrected chi connectivity index (χ0v) is 13.7. The largest absolute Gasteiger partial charge is 0.384 e. The van der Waals surface area contributed by atoms with Gasteiger partial charge >= 0.3 is 0 Å². The maximum absolute atomic E-state index is 6.24. The van der Waals surface area contributed by atoms with Crippen LogP contribution in [0.25, 0.3) is 0 Å².